The number of benzene rings is 2. The Kier molecular flexibility index (Phi) is 5.11. The van der Waals surface area contributed by atoms with E-state index in [2.05, 4.69) is 21.6 Å². The molecular weight excluding hydrogens is 418 g/mol. The zero-order valence-corrected chi connectivity index (χ0v) is 19.0. The summed E-state index contributed by atoms with van der Waals surface area (Å²) in [6.45, 7) is 6.67. The van der Waals surface area contributed by atoms with Gasteiger partial charge in [0.15, 0.2) is 0 Å². The summed E-state index contributed by atoms with van der Waals surface area (Å²) in [4.78, 5) is 14.7. The number of nitrogens with one attached hydrogen (secondary N) is 1. The standard InChI is InChI=1S/C25H23N5OS/c1-16-12-17(2)29(27-16)15-19-8-7-9-20(13-19)26-24(31)23-14-22-18(3)28-30(25(22)32-23)21-10-5-4-6-11-21/h4-14H,15H2,1-3H3,(H,26,31). The third-order valence-electron chi connectivity index (χ3n) is 5.39. The SMILES string of the molecule is Cc1cc(C)n(Cc2cccc(NC(=O)c3cc4c(C)nn(-c5ccccc5)c4s3)c2)n1. The van der Waals surface area contributed by atoms with Gasteiger partial charge in [0, 0.05) is 16.8 Å². The molecule has 0 saturated heterocycles. The highest BCUT2D eigenvalue weighted by Crippen LogP contribution is 2.31. The van der Waals surface area contributed by atoms with Gasteiger partial charge in [0.2, 0.25) is 0 Å². The van der Waals surface area contributed by atoms with Crippen LogP contribution in [0.5, 0.6) is 0 Å². The van der Waals surface area contributed by atoms with Crippen LogP contribution in [0.15, 0.2) is 66.7 Å². The van der Waals surface area contributed by atoms with E-state index in [9.17, 15) is 4.79 Å². The molecule has 0 saturated carbocycles. The summed E-state index contributed by atoms with van der Waals surface area (Å²) in [5.74, 6) is -0.117. The molecule has 0 unspecified atom stereocenters. The summed E-state index contributed by atoms with van der Waals surface area (Å²) < 4.78 is 3.88. The Bertz CT molecular complexity index is 1430. The Morgan fingerprint density at radius 3 is 2.53 bits per heavy atom. The average molecular weight is 442 g/mol. The molecular formula is C25H23N5OS. The lowest BCUT2D eigenvalue weighted by Gasteiger charge is -2.08. The first kappa shape index (κ1) is 20.2. The zero-order valence-electron chi connectivity index (χ0n) is 18.2. The van der Waals surface area contributed by atoms with Crippen molar-refractivity contribution in [1.82, 2.24) is 19.6 Å². The Morgan fingerprint density at radius 2 is 1.78 bits per heavy atom. The van der Waals surface area contributed by atoms with Crippen molar-refractivity contribution in [2.24, 2.45) is 0 Å². The van der Waals surface area contributed by atoms with Crippen LogP contribution in [0, 0.1) is 20.8 Å². The van der Waals surface area contributed by atoms with Gasteiger partial charge in [-0.05, 0) is 62.7 Å². The van der Waals surface area contributed by atoms with E-state index >= 15 is 0 Å². The van der Waals surface area contributed by atoms with Crippen LogP contribution >= 0.6 is 11.3 Å². The molecule has 0 spiro atoms. The number of rotatable bonds is 5. The number of anilines is 1. The Hall–Kier alpha value is -3.71. The van der Waals surface area contributed by atoms with Gasteiger partial charge in [0.1, 0.15) is 4.83 Å². The summed E-state index contributed by atoms with van der Waals surface area (Å²) in [5, 5.41) is 13.2. The second-order valence-electron chi connectivity index (χ2n) is 7.90. The smallest absolute Gasteiger partial charge is 0.265 e. The molecule has 1 N–H and O–H groups in total. The van der Waals surface area contributed by atoms with Crippen molar-refractivity contribution in [3.05, 3.63) is 94.3 Å². The zero-order chi connectivity index (χ0) is 22.2. The van der Waals surface area contributed by atoms with Crippen molar-refractivity contribution in [1.29, 1.82) is 0 Å². The van der Waals surface area contributed by atoms with E-state index in [4.69, 9.17) is 0 Å². The first-order valence-electron chi connectivity index (χ1n) is 10.4. The van der Waals surface area contributed by atoms with Gasteiger partial charge in [0.25, 0.3) is 5.91 Å². The van der Waals surface area contributed by atoms with E-state index in [0.29, 0.717) is 11.4 Å². The predicted molar refractivity (Wildman–Crippen MR) is 129 cm³/mol. The normalized spacial score (nSPS) is 11.2. The van der Waals surface area contributed by atoms with Crippen LogP contribution in [0.3, 0.4) is 0 Å². The number of thiophene rings is 1. The lowest BCUT2D eigenvalue weighted by atomic mass is 10.2. The number of para-hydroxylation sites is 1. The van der Waals surface area contributed by atoms with E-state index in [-0.39, 0.29) is 5.91 Å². The second kappa shape index (κ2) is 8.09. The van der Waals surface area contributed by atoms with Gasteiger partial charge in [-0.3, -0.25) is 9.48 Å². The number of hydrogen-bond acceptors (Lipinski definition) is 4. The Balaban J connectivity index is 1.39. The molecule has 3 aromatic heterocycles. The molecule has 2 aromatic carbocycles. The van der Waals surface area contributed by atoms with E-state index in [1.54, 1.807) is 0 Å². The minimum Gasteiger partial charge on any atom is -0.321 e. The molecule has 0 fully saturated rings. The maximum absolute atomic E-state index is 13.0. The number of amides is 1. The van der Waals surface area contributed by atoms with Crippen LogP contribution in [0.1, 0.15) is 32.3 Å². The molecule has 0 radical (unpaired) electrons. The van der Waals surface area contributed by atoms with Crippen molar-refractivity contribution < 1.29 is 4.79 Å². The molecule has 0 aliphatic carbocycles. The van der Waals surface area contributed by atoms with E-state index < -0.39 is 0 Å². The lowest BCUT2D eigenvalue weighted by molar-refractivity contribution is 0.103. The van der Waals surface area contributed by atoms with Crippen molar-refractivity contribution >= 4 is 33.1 Å². The number of fused-ring (bicyclic) bond motifs is 1. The Labute approximate surface area is 190 Å². The highest BCUT2D eigenvalue weighted by Gasteiger charge is 2.17. The molecule has 5 rings (SSSR count). The highest BCUT2D eigenvalue weighted by molar-refractivity contribution is 7.20. The van der Waals surface area contributed by atoms with Crippen LogP contribution in [-0.4, -0.2) is 25.5 Å². The van der Waals surface area contributed by atoms with Crippen molar-refractivity contribution in [2.45, 2.75) is 27.3 Å². The first-order chi connectivity index (χ1) is 15.5. The minimum absolute atomic E-state index is 0.117. The minimum atomic E-state index is -0.117. The topological polar surface area (TPSA) is 64.7 Å². The fourth-order valence-corrected chi connectivity index (χ4v) is 4.93. The highest BCUT2D eigenvalue weighted by atomic mass is 32.1. The molecule has 160 valence electrons. The van der Waals surface area contributed by atoms with Gasteiger partial charge in [-0.25, -0.2) is 4.68 Å². The fraction of sp³-hybridized carbons (Fsp3) is 0.160. The summed E-state index contributed by atoms with van der Waals surface area (Å²) >= 11 is 1.45. The number of nitrogens with zero attached hydrogens (tertiary/aromatic N) is 4. The summed E-state index contributed by atoms with van der Waals surface area (Å²) in [6, 6.07) is 21.9. The monoisotopic (exact) mass is 441 g/mol. The average Bonchev–Trinajstić information content (AvgIpc) is 3.44. The molecule has 6 nitrogen and oxygen atoms in total. The van der Waals surface area contributed by atoms with Crippen LogP contribution in [-0.2, 0) is 6.54 Å². The Morgan fingerprint density at radius 1 is 0.969 bits per heavy atom. The van der Waals surface area contributed by atoms with Gasteiger partial charge in [-0.15, -0.1) is 11.3 Å². The van der Waals surface area contributed by atoms with Gasteiger partial charge >= 0.3 is 0 Å². The molecule has 0 atom stereocenters. The quantitative estimate of drug-likeness (QED) is 0.391. The first-order valence-corrected chi connectivity index (χ1v) is 11.3. The lowest BCUT2D eigenvalue weighted by Crippen LogP contribution is -2.11. The third-order valence-corrected chi connectivity index (χ3v) is 6.50. The summed E-state index contributed by atoms with van der Waals surface area (Å²) in [6.07, 6.45) is 0. The van der Waals surface area contributed by atoms with E-state index in [0.717, 1.165) is 44.2 Å². The third kappa shape index (κ3) is 3.83. The largest absolute Gasteiger partial charge is 0.321 e. The number of aryl methyl sites for hydroxylation is 3. The van der Waals surface area contributed by atoms with E-state index in [1.165, 1.54) is 11.3 Å². The molecule has 32 heavy (non-hydrogen) atoms. The molecule has 1 amide bonds. The summed E-state index contributed by atoms with van der Waals surface area (Å²) in [7, 11) is 0. The predicted octanol–water partition coefficient (Wildman–Crippen LogP) is 5.51. The fourth-order valence-electron chi connectivity index (χ4n) is 3.85. The number of aromatic nitrogens is 4. The maximum Gasteiger partial charge on any atom is 0.265 e. The number of carbonyl (C=O) groups excluding carboxylic acids is 1. The van der Waals surface area contributed by atoms with Crippen LogP contribution in [0.4, 0.5) is 5.69 Å². The molecule has 7 heteroatoms. The van der Waals surface area contributed by atoms with Crippen LogP contribution < -0.4 is 5.32 Å². The van der Waals surface area contributed by atoms with Gasteiger partial charge in [-0.1, -0.05) is 30.3 Å². The summed E-state index contributed by atoms with van der Waals surface area (Å²) in [5.41, 5.74) is 5.86. The molecule has 3 heterocycles. The number of carbonyl (C=O) groups is 1. The van der Waals surface area contributed by atoms with Gasteiger partial charge in [-0.2, -0.15) is 10.2 Å². The molecule has 5 aromatic rings. The molecule has 0 aliphatic heterocycles. The molecule has 0 aliphatic rings. The van der Waals surface area contributed by atoms with Crippen LogP contribution in [0.2, 0.25) is 0 Å². The van der Waals surface area contributed by atoms with Crippen molar-refractivity contribution in [3.8, 4) is 5.69 Å². The molecule has 0 bridgehead atoms. The second-order valence-corrected chi connectivity index (χ2v) is 8.93. The van der Waals surface area contributed by atoms with Gasteiger partial charge < -0.3 is 5.32 Å². The van der Waals surface area contributed by atoms with Crippen molar-refractivity contribution in [3.63, 3.8) is 0 Å². The number of hydrogen-bond donors (Lipinski definition) is 1. The maximum atomic E-state index is 13.0. The van der Waals surface area contributed by atoms with Crippen molar-refractivity contribution in [2.75, 3.05) is 5.32 Å². The van der Waals surface area contributed by atoms with Crippen LogP contribution in [0.25, 0.3) is 15.9 Å². The van der Waals surface area contributed by atoms with E-state index in [1.807, 2.05) is 90.8 Å². The van der Waals surface area contributed by atoms with Gasteiger partial charge in [0.05, 0.1) is 28.5 Å².